The van der Waals surface area contributed by atoms with Crippen LogP contribution < -0.4 is 4.74 Å². The van der Waals surface area contributed by atoms with Crippen LogP contribution in [0.4, 0.5) is 0 Å². The SMILES string of the molecule is C[Si]Cc1ccc2cc(OCCC[Si](C)C)ccc2c1. The van der Waals surface area contributed by atoms with Crippen molar-refractivity contribution in [3.63, 3.8) is 0 Å². The number of benzene rings is 2. The molecule has 0 N–H and O–H groups in total. The third-order valence-electron chi connectivity index (χ3n) is 3.35. The average Bonchev–Trinajstić information content (AvgIpc) is 2.44. The zero-order valence-corrected chi connectivity index (χ0v) is 14.7. The molecule has 0 spiro atoms. The van der Waals surface area contributed by atoms with Gasteiger partial charge in [0.2, 0.25) is 0 Å². The Morgan fingerprint density at radius 1 is 1.05 bits per heavy atom. The minimum Gasteiger partial charge on any atom is -0.494 e. The highest BCUT2D eigenvalue weighted by Crippen LogP contribution is 2.22. The number of hydrogen-bond acceptors (Lipinski definition) is 1. The molecule has 1 nitrogen and oxygen atoms in total. The molecule has 0 bridgehead atoms. The van der Waals surface area contributed by atoms with Gasteiger partial charge < -0.3 is 4.74 Å². The molecule has 0 unspecified atom stereocenters. The fourth-order valence-electron chi connectivity index (χ4n) is 2.29. The van der Waals surface area contributed by atoms with E-state index in [-0.39, 0.29) is 8.80 Å². The Labute approximate surface area is 126 Å². The monoisotopic (exact) mass is 299 g/mol. The van der Waals surface area contributed by atoms with Gasteiger partial charge in [-0.2, -0.15) is 0 Å². The maximum atomic E-state index is 5.86. The smallest absolute Gasteiger partial charge is 0.119 e. The lowest BCUT2D eigenvalue weighted by molar-refractivity contribution is 0.317. The molecule has 2 aromatic rings. The van der Waals surface area contributed by atoms with Crippen molar-refractivity contribution in [2.45, 2.75) is 38.2 Å². The van der Waals surface area contributed by atoms with E-state index in [1.807, 2.05) is 0 Å². The molecule has 0 saturated heterocycles. The molecule has 3 radical (unpaired) electrons. The van der Waals surface area contributed by atoms with Crippen molar-refractivity contribution in [3.8, 4) is 5.75 Å². The first-order valence-corrected chi connectivity index (χ1v) is 11.7. The van der Waals surface area contributed by atoms with Crippen molar-refractivity contribution in [1.29, 1.82) is 0 Å². The summed E-state index contributed by atoms with van der Waals surface area (Å²) < 4.78 is 5.86. The van der Waals surface area contributed by atoms with Gasteiger partial charge in [-0.15, -0.1) is 0 Å². The summed E-state index contributed by atoms with van der Waals surface area (Å²) in [4.78, 5) is 0. The minimum absolute atomic E-state index is 0.112. The Hall–Kier alpha value is -1.07. The predicted molar refractivity (Wildman–Crippen MR) is 91.7 cm³/mol. The summed E-state index contributed by atoms with van der Waals surface area (Å²) in [5.74, 6) is 1.00. The summed E-state index contributed by atoms with van der Waals surface area (Å²) >= 11 is 0. The lowest BCUT2D eigenvalue weighted by atomic mass is 10.1. The van der Waals surface area contributed by atoms with Crippen LogP contribution in [-0.4, -0.2) is 24.9 Å². The Balaban J connectivity index is 2.00. The van der Waals surface area contributed by atoms with Gasteiger partial charge in [-0.1, -0.05) is 55.5 Å². The van der Waals surface area contributed by atoms with Crippen LogP contribution in [-0.2, 0) is 6.04 Å². The molecule has 0 aliphatic rings. The molecule has 0 aliphatic heterocycles. The molecule has 0 aromatic heterocycles. The van der Waals surface area contributed by atoms with E-state index in [1.54, 1.807) is 0 Å². The minimum atomic E-state index is -0.112. The van der Waals surface area contributed by atoms with Crippen LogP contribution in [0, 0.1) is 0 Å². The maximum absolute atomic E-state index is 5.86. The molecule has 0 saturated carbocycles. The first-order chi connectivity index (χ1) is 9.69. The zero-order chi connectivity index (χ0) is 14.4. The highest BCUT2D eigenvalue weighted by atomic mass is 28.3. The molecule has 0 atom stereocenters. The lowest BCUT2D eigenvalue weighted by Gasteiger charge is -2.09. The Kier molecular flexibility index (Phi) is 5.86. The third kappa shape index (κ3) is 4.49. The molecule has 3 heteroatoms. The van der Waals surface area contributed by atoms with Crippen molar-refractivity contribution >= 4 is 29.1 Å². The molecule has 0 amide bonds. The highest BCUT2D eigenvalue weighted by molar-refractivity contribution is 6.55. The van der Waals surface area contributed by atoms with E-state index >= 15 is 0 Å². The standard InChI is InChI=1S/C17H23OSi2/c1-19-13-14-5-6-16-12-17(8-7-15(16)11-14)18-9-4-10-20(2)3/h5-8,11-12H,4,9-10,13H2,1-3H3. The van der Waals surface area contributed by atoms with Gasteiger partial charge in [0.25, 0.3) is 0 Å². The Morgan fingerprint density at radius 3 is 2.55 bits per heavy atom. The van der Waals surface area contributed by atoms with Gasteiger partial charge in [0.15, 0.2) is 0 Å². The summed E-state index contributed by atoms with van der Waals surface area (Å²) in [5.41, 5.74) is 1.44. The summed E-state index contributed by atoms with van der Waals surface area (Å²) in [7, 11) is 0.867. The van der Waals surface area contributed by atoms with E-state index in [1.165, 1.54) is 34.8 Å². The maximum Gasteiger partial charge on any atom is 0.119 e. The first kappa shape index (κ1) is 15.3. The number of rotatable bonds is 7. The number of ether oxygens (including phenoxy) is 1. The van der Waals surface area contributed by atoms with Crippen molar-refractivity contribution in [2.24, 2.45) is 0 Å². The van der Waals surface area contributed by atoms with Gasteiger partial charge in [-0.3, -0.25) is 0 Å². The summed E-state index contributed by atoms with van der Waals surface area (Å²) in [6.45, 7) is 7.81. The van der Waals surface area contributed by atoms with Crippen LogP contribution in [0.3, 0.4) is 0 Å². The molecular weight excluding hydrogens is 276 g/mol. The summed E-state index contributed by atoms with van der Waals surface area (Å²) in [6, 6.07) is 15.7. The summed E-state index contributed by atoms with van der Waals surface area (Å²) in [6.07, 6.45) is 1.18. The van der Waals surface area contributed by atoms with Gasteiger partial charge in [0.1, 0.15) is 5.75 Å². The van der Waals surface area contributed by atoms with Crippen LogP contribution in [0.2, 0.25) is 25.7 Å². The van der Waals surface area contributed by atoms with Crippen LogP contribution in [0.25, 0.3) is 10.8 Å². The molecule has 2 rings (SSSR count). The van der Waals surface area contributed by atoms with Gasteiger partial charge in [-0.05, 0) is 35.4 Å². The van der Waals surface area contributed by atoms with Crippen molar-refractivity contribution in [2.75, 3.05) is 6.61 Å². The second kappa shape index (κ2) is 7.65. The third-order valence-corrected chi connectivity index (χ3v) is 5.46. The van der Waals surface area contributed by atoms with Gasteiger partial charge in [0.05, 0.1) is 6.61 Å². The van der Waals surface area contributed by atoms with E-state index < -0.39 is 0 Å². The Morgan fingerprint density at radius 2 is 1.80 bits per heavy atom. The second-order valence-corrected chi connectivity index (χ2v) is 9.51. The quantitative estimate of drug-likeness (QED) is 0.535. The number of hydrogen-bond donors (Lipinski definition) is 0. The van der Waals surface area contributed by atoms with Crippen LogP contribution in [0.5, 0.6) is 5.75 Å². The Bertz CT molecular complexity index is 552. The normalized spacial score (nSPS) is 11.2. The molecule has 0 fully saturated rings. The van der Waals surface area contributed by atoms with Gasteiger partial charge in [-0.25, -0.2) is 0 Å². The van der Waals surface area contributed by atoms with Crippen molar-refractivity contribution in [3.05, 3.63) is 42.0 Å². The summed E-state index contributed by atoms with van der Waals surface area (Å²) in [5, 5.41) is 2.60. The molecule has 2 aromatic carbocycles. The van der Waals surface area contributed by atoms with E-state index in [4.69, 9.17) is 4.74 Å². The van der Waals surface area contributed by atoms with E-state index in [2.05, 4.69) is 56.0 Å². The topological polar surface area (TPSA) is 9.23 Å². The highest BCUT2D eigenvalue weighted by Gasteiger charge is 2.01. The largest absolute Gasteiger partial charge is 0.494 e. The van der Waals surface area contributed by atoms with Crippen LogP contribution in [0.1, 0.15) is 12.0 Å². The van der Waals surface area contributed by atoms with Crippen LogP contribution in [0.15, 0.2) is 36.4 Å². The van der Waals surface area contributed by atoms with Gasteiger partial charge in [0, 0.05) is 18.3 Å². The molecule has 0 aliphatic carbocycles. The molecular formula is C17H23OSi2. The van der Waals surface area contributed by atoms with E-state index in [0.29, 0.717) is 0 Å². The lowest BCUT2D eigenvalue weighted by Crippen LogP contribution is -2.04. The zero-order valence-electron chi connectivity index (χ0n) is 12.7. The number of fused-ring (bicyclic) bond motifs is 1. The molecule has 105 valence electrons. The second-order valence-electron chi connectivity index (χ2n) is 5.53. The van der Waals surface area contributed by atoms with Crippen molar-refractivity contribution < 1.29 is 4.74 Å². The van der Waals surface area contributed by atoms with E-state index in [9.17, 15) is 0 Å². The fourth-order valence-corrected chi connectivity index (χ4v) is 3.77. The fraction of sp³-hybridized carbons (Fsp3) is 0.412. The first-order valence-electron chi connectivity index (χ1n) is 7.28. The predicted octanol–water partition coefficient (Wildman–Crippen LogP) is 4.62. The van der Waals surface area contributed by atoms with Gasteiger partial charge >= 0.3 is 0 Å². The van der Waals surface area contributed by atoms with Crippen molar-refractivity contribution in [1.82, 2.24) is 0 Å². The van der Waals surface area contributed by atoms with Crippen LogP contribution >= 0.6 is 0 Å². The molecule has 0 heterocycles. The molecule has 20 heavy (non-hydrogen) atoms. The van der Waals surface area contributed by atoms with E-state index in [0.717, 1.165) is 21.9 Å². The average molecular weight is 300 g/mol.